The second kappa shape index (κ2) is 5.92. The van der Waals surface area contributed by atoms with Crippen molar-refractivity contribution in [3.8, 4) is 5.75 Å². The molecule has 126 valence electrons. The van der Waals surface area contributed by atoms with Crippen LogP contribution in [-0.2, 0) is 10.0 Å². The number of benzene rings is 2. The third-order valence-corrected chi connectivity index (χ3v) is 5.80. The normalized spacial score (nSPS) is 13.3. The summed E-state index contributed by atoms with van der Waals surface area (Å²) in [5, 5.41) is 13.5. The number of hydrogen-bond donors (Lipinski definition) is 2. The summed E-state index contributed by atoms with van der Waals surface area (Å²) in [5.41, 5.74) is 0.515. The van der Waals surface area contributed by atoms with Gasteiger partial charge in [-0.1, -0.05) is 18.2 Å². The Morgan fingerprint density at radius 2 is 1.88 bits per heavy atom. The van der Waals surface area contributed by atoms with Gasteiger partial charge in [-0.25, -0.2) is 16.8 Å². The highest BCUT2D eigenvalue weighted by molar-refractivity contribution is 7.90. The molecule has 1 heterocycles. The molecule has 0 aliphatic carbocycles. The first-order valence-corrected chi connectivity index (χ1v) is 8.82. The van der Waals surface area contributed by atoms with E-state index >= 15 is 0 Å². The lowest BCUT2D eigenvalue weighted by atomic mass is 10.0. The van der Waals surface area contributed by atoms with Crippen LogP contribution >= 0.6 is 0 Å². The zero-order chi connectivity index (χ0) is 17.5. The van der Waals surface area contributed by atoms with Crippen molar-refractivity contribution in [3.05, 3.63) is 60.0 Å². The average molecular weight is 348 g/mol. The van der Waals surface area contributed by atoms with Crippen LogP contribution in [0.15, 0.2) is 53.6 Å². The first-order valence-electron chi connectivity index (χ1n) is 7.38. The van der Waals surface area contributed by atoms with Crippen molar-refractivity contribution < 1.29 is 17.9 Å². The summed E-state index contributed by atoms with van der Waals surface area (Å²) in [7, 11) is -2.17. The number of phenols is 1. The smallest absolute Gasteiger partial charge is 0.268 e. The fourth-order valence-electron chi connectivity index (χ4n) is 2.74. The van der Waals surface area contributed by atoms with E-state index in [9.17, 15) is 17.9 Å². The van der Waals surface area contributed by atoms with Crippen LogP contribution in [0.3, 0.4) is 0 Å². The minimum absolute atomic E-state index is 0.110. The van der Waals surface area contributed by atoms with Crippen LogP contribution in [0, 0.1) is 5.82 Å². The molecule has 0 fully saturated rings. The van der Waals surface area contributed by atoms with E-state index in [0.29, 0.717) is 10.9 Å². The molecule has 5 nitrogen and oxygen atoms in total. The molecule has 0 saturated heterocycles. The van der Waals surface area contributed by atoms with Crippen molar-refractivity contribution in [2.75, 3.05) is 7.05 Å². The summed E-state index contributed by atoms with van der Waals surface area (Å²) in [6, 6.07) is 10.2. The van der Waals surface area contributed by atoms with Crippen molar-refractivity contribution in [1.29, 1.82) is 0 Å². The lowest BCUT2D eigenvalue weighted by Crippen LogP contribution is -2.14. The summed E-state index contributed by atoms with van der Waals surface area (Å²) in [5.74, 6) is -1.33. The van der Waals surface area contributed by atoms with Crippen LogP contribution in [0.2, 0.25) is 0 Å². The van der Waals surface area contributed by atoms with Crippen molar-refractivity contribution in [2.24, 2.45) is 0 Å². The Morgan fingerprint density at radius 3 is 2.50 bits per heavy atom. The third kappa shape index (κ3) is 2.46. The molecule has 1 atom stereocenters. The van der Waals surface area contributed by atoms with Gasteiger partial charge in [-0.3, -0.25) is 0 Å². The number of phenolic OH excluding ortho intramolecular Hbond substituents is 1. The number of rotatable bonds is 4. The maximum absolute atomic E-state index is 14.2. The minimum atomic E-state index is -3.85. The van der Waals surface area contributed by atoms with Gasteiger partial charge in [0.05, 0.1) is 10.4 Å². The molecule has 3 aromatic rings. The van der Waals surface area contributed by atoms with E-state index in [1.807, 2.05) is 0 Å². The number of nitrogens with zero attached hydrogens (tertiary/aromatic N) is 1. The maximum atomic E-state index is 14.2. The second-order valence-corrected chi connectivity index (χ2v) is 7.31. The van der Waals surface area contributed by atoms with E-state index in [2.05, 4.69) is 5.32 Å². The molecule has 1 unspecified atom stereocenters. The number of halogens is 1. The molecule has 0 bridgehead atoms. The molecule has 0 aliphatic rings. The molecular weight excluding hydrogens is 331 g/mol. The second-order valence-electron chi connectivity index (χ2n) is 5.49. The Hall–Kier alpha value is -2.38. The van der Waals surface area contributed by atoms with Gasteiger partial charge in [-0.05, 0) is 32.2 Å². The molecule has 0 spiro atoms. The summed E-state index contributed by atoms with van der Waals surface area (Å²) in [4.78, 5) is 0.110. The van der Waals surface area contributed by atoms with Gasteiger partial charge in [-0.2, -0.15) is 0 Å². The van der Waals surface area contributed by atoms with Gasteiger partial charge in [0.1, 0.15) is 0 Å². The van der Waals surface area contributed by atoms with Crippen LogP contribution in [0.5, 0.6) is 5.75 Å². The highest BCUT2D eigenvalue weighted by Crippen LogP contribution is 2.36. The van der Waals surface area contributed by atoms with Gasteiger partial charge < -0.3 is 10.4 Å². The molecule has 1 aromatic heterocycles. The Kier molecular flexibility index (Phi) is 4.06. The molecule has 2 aromatic carbocycles. The highest BCUT2D eigenvalue weighted by atomic mass is 32.2. The number of aromatic nitrogens is 1. The van der Waals surface area contributed by atoms with E-state index in [0.717, 1.165) is 10.0 Å². The van der Waals surface area contributed by atoms with Gasteiger partial charge in [0, 0.05) is 29.3 Å². The summed E-state index contributed by atoms with van der Waals surface area (Å²) >= 11 is 0. The van der Waals surface area contributed by atoms with Gasteiger partial charge in [-0.15, -0.1) is 0 Å². The van der Waals surface area contributed by atoms with Gasteiger partial charge >= 0.3 is 0 Å². The van der Waals surface area contributed by atoms with E-state index in [-0.39, 0.29) is 16.5 Å². The Balaban J connectivity index is 2.32. The van der Waals surface area contributed by atoms with Gasteiger partial charge in [0.15, 0.2) is 11.6 Å². The van der Waals surface area contributed by atoms with E-state index in [4.69, 9.17) is 0 Å². The lowest BCUT2D eigenvalue weighted by Gasteiger charge is -2.15. The molecule has 3 rings (SSSR count). The molecule has 0 aliphatic heterocycles. The zero-order valence-electron chi connectivity index (χ0n) is 13.2. The van der Waals surface area contributed by atoms with Crippen molar-refractivity contribution in [2.45, 2.75) is 17.9 Å². The number of nitrogens with one attached hydrogen (secondary N) is 1. The number of aromatic hydroxyl groups is 1. The molecule has 7 heteroatoms. The lowest BCUT2D eigenvalue weighted by molar-refractivity contribution is 0.420. The number of hydrogen-bond acceptors (Lipinski definition) is 4. The third-order valence-electron chi connectivity index (χ3n) is 4.09. The molecule has 2 N–H and O–H groups in total. The first kappa shape index (κ1) is 16.5. The summed E-state index contributed by atoms with van der Waals surface area (Å²) in [6.07, 6.45) is 1.37. The molecule has 0 amide bonds. The summed E-state index contributed by atoms with van der Waals surface area (Å²) in [6.45, 7) is 1.76. The van der Waals surface area contributed by atoms with Crippen molar-refractivity contribution in [3.63, 3.8) is 0 Å². The standard InChI is InChI=1S/C17H17FN2O3S/c1-11(19-2)16-13-8-9-20(15(13)10-14(18)17(16)21)24(22,23)12-6-4-3-5-7-12/h3-11,19,21H,1-2H3. The van der Waals surface area contributed by atoms with Crippen LogP contribution in [0.1, 0.15) is 18.5 Å². The quantitative estimate of drug-likeness (QED) is 0.760. The Labute approximate surface area is 139 Å². The number of fused-ring (bicyclic) bond motifs is 1. The van der Waals surface area contributed by atoms with E-state index in [1.165, 1.54) is 18.3 Å². The van der Waals surface area contributed by atoms with Crippen LogP contribution in [0.4, 0.5) is 4.39 Å². The minimum Gasteiger partial charge on any atom is -0.505 e. The van der Waals surface area contributed by atoms with Gasteiger partial charge in [0.2, 0.25) is 0 Å². The Morgan fingerprint density at radius 1 is 1.21 bits per heavy atom. The van der Waals surface area contributed by atoms with Gasteiger partial charge in [0.25, 0.3) is 10.0 Å². The van der Waals surface area contributed by atoms with Crippen LogP contribution < -0.4 is 5.32 Å². The fourth-order valence-corrected chi connectivity index (χ4v) is 4.10. The monoisotopic (exact) mass is 348 g/mol. The Bertz CT molecular complexity index is 998. The topological polar surface area (TPSA) is 71.3 Å². The van der Waals surface area contributed by atoms with Crippen LogP contribution in [-0.4, -0.2) is 24.5 Å². The largest absolute Gasteiger partial charge is 0.505 e. The average Bonchev–Trinajstić information content (AvgIpc) is 3.00. The fraction of sp³-hybridized carbons (Fsp3) is 0.176. The van der Waals surface area contributed by atoms with Crippen molar-refractivity contribution >= 4 is 20.9 Å². The predicted octanol–water partition coefficient (Wildman–Crippen LogP) is 3.00. The van der Waals surface area contributed by atoms with E-state index < -0.39 is 21.6 Å². The molecule has 24 heavy (non-hydrogen) atoms. The summed E-state index contributed by atoms with van der Waals surface area (Å²) < 4.78 is 40.8. The maximum Gasteiger partial charge on any atom is 0.268 e. The van der Waals surface area contributed by atoms with Crippen molar-refractivity contribution in [1.82, 2.24) is 9.29 Å². The zero-order valence-corrected chi connectivity index (χ0v) is 14.0. The molecule has 0 radical (unpaired) electrons. The first-order chi connectivity index (χ1) is 11.4. The highest BCUT2D eigenvalue weighted by Gasteiger charge is 2.24. The SMILES string of the molecule is CNC(C)c1c(O)c(F)cc2c1ccn2S(=O)(=O)c1ccccc1. The molecular formula is C17H17FN2O3S. The van der Waals surface area contributed by atoms with E-state index in [1.54, 1.807) is 38.2 Å². The predicted molar refractivity (Wildman–Crippen MR) is 90.1 cm³/mol. The molecule has 0 saturated carbocycles. The van der Waals surface area contributed by atoms with Crippen LogP contribution in [0.25, 0.3) is 10.9 Å².